The van der Waals surface area contributed by atoms with Gasteiger partial charge in [-0.25, -0.2) is 9.37 Å². The highest BCUT2D eigenvalue weighted by Crippen LogP contribution is 2.35. The molecule has 0 saturated carbocycles. The van der Waals surface area contributed by atoms with Crippen LogP contribution in [-0.2, 0) is 10.5 Å². The maximum atomic E-state index is 14.2. The largest absolute Gasteiger partial charge is 0.325 e. The van der Waals surface area contributed by atoms with Gasteiger partial charge in [-0.3, -0.25) is 9.36 Å². The number of thioether (sulfide) groups is 2. The van der Waals surface area contributed by atoms with E-state index in [1.54, 1.807) is 29.2 Å². The average Bonchev–Trinajstić information content (AvgIpc) is 3.68. The van der Waals surface area contributed by atoms with Crippen molar-refractivity contribution in [1.82, 2.24) is 19.7 Å². The zero-order valence-corrected chi connectivity index (χ0v) is 26.7. The Morgan fingerprint density at radius 2 is 1.64 bits per heavy atom. The Labute approximate surface area is 275 Å². The molecule has 11 heteroatoms. The van der Waals surface area contributed by atoms with E-state index in [0.29, 0.717) is 32.8 Å². The summed E-state index contributed by atoms with van der Waals surface area (Å²) in [5.74, 6) is 1.04. The number of hydrogen-bond donors (Lipinski definition) is 1. The van der Waals surface area contributed by atoms with Crippen LogP contribution in [0.5, 0.6) is 0 Å². The SMILES string of the molecule is O=C(CSc1nnc(-c2ccccc2Cl)n1-c1ccccc1)Nc1ccc2nc(SCc3ccc(F)c4ccccc34)sc2c1. The molecule has 0 fully saturated rings. The van der Waals surface area contributed by atoms with Crippen molar-refractivity contribution in [2.45, 2.75) is 15.2 Å². The van der Waals surface area contributed by atoms with E-state index in [-0.39, 0.29) is 17.5 Å². The molecule has 6 nitrogen and oxygen atoms in total. The van der Waals surface area contributed by atoms with Crippen LogP contribution in [-0.4, -0.2) is 31.4 Å². The molecule has 0 aliphatic heterocycles. The van der Waals surface area contributed by atoms with Crippen molar-refractivity contribution in [3.05, 3.63) is 126 Å². The number of para-hydroxylation sites is 1. The monoisotopic (exact) mass is 667 g/mol. The Morgan fingerprint density at radius 3 is 2.49 bits per heavy atom. The lowest BCUT2D eigenvalue weighted by molar-refractivity contribution is -0.113. The molecule has 0 saturated heterocycles. The van der Waals surface area contributed by atoms with Gasteiger partial charge in [0, 0.05) is 28.1 Å². The summed E-state index contributed by atoms with van der Waals surface area (Å²) in [5, 5.41) is 14.5. The minimum Gasteiger partial charge on any atom is -0.325 e. The molecule has 2 heterocycles. The highest BCUT2D eigenvalue weighted by atomic mass is 35.5. The molecule has 5 aromatic carbocycles. The number of halogens is 2. The Bertz CT molecular complexity index is 2170. The second kappa shape index (κ2) is 13.0. The van der Waals surface area contributed by atoms with E-state index in [1.807, 2.05) is 102 Å². The standard InChI is InChI=1S/C34H23ClFN5OS3/c35-27-13-7-6-12-26(27)32-39-40-33(41(32)23-8-2-1-3-9-23)43-20-31(42)37-22-15-17-29-30(18-22)45-34(38-29)44-19-21-14-16-28(36)25-11-5-4-10-24(21)25/h1-18H,19-20H2,(H,37,42). The average molecular weight is 668 g/mol. The molecule has 0 aliphatic rings. The molecule has 0 aliphatic carbocycles. The number of nitrogens with zero attached hydrogens (tertiary/aromatic N) is 4. The fraction of sp³-hybridized carbons (Fsp3) is 0.0588. The van der Waals surface area contributed by atoms with Crippen LogP contribution < -0.4 is 5.32 Å². The van der Waals surface area contributed by atoms with Gasteiger partial charge in [0.25, 0.3) is 0 Å². The van der Waals surface area contributed by atoms with E-state index < -0.39 is 0 Å². The van der Waals surface area contributed by atoms with Crippen molar-refractivity contribution in [2.24, 2.45) is 0 Å². The van der Waals surface area contributed by atoms with Crippen molar-refractivity contribution < 1.29 is 9.18 Å². The molecule has 2 aromatic heterocycles. The summed E-state index contributed by atoms with van der Waals surface area (Å²) in [5.41, 5.74) is 4.25. The number of benzene rings is 5. The number of thiazole rings is 1. The van der Waals surface area contributed by atoms with Gasteiger partial charge in [-0.15, -0.1) is 21.5 Å². The number of carbonyl (C=O) groups excluding carboxylic acids is 1. The van der Waals surface area contributed by atoms with E-state index in [1.165, 1.54) is 17.8 Å². The van der Waals surface area contributed by atoms with Gasteiger partial charge in [-0.05, 0) is 59.5 Å². The van der Waals surface area contributed by atoms with Crippen LogP contribution in [0.15, 0.2) is 119 Å². The molecule has 7 rings (SSSR count). The Balaban J connectivity index is 1.04. The van der Waals surface area contributed by atoms with Gasteiger partial charge in [0.05, 0.1) is 21.0 Å². The number of aromatic nitrogens is 4. The smallest absolute Gasteiger partial charge is 0.234 e. The Morgan fingerprint density at radius 1 is 0.867 bits per heavy atom. The first kappa shape index (κ1) is 29.5. The second-order valence-electron chi connectivity index (χ2n) is 10.00. The van der Waals surface area contributed by atoms with Gasteiger partial charge in [-0.1, -0.05) is 95.8 Å². The van der Waals surface area contributed by atoms with Crippen LogP contribution in [0.25, 0.3) is 38.1 Å². The molecule has 1 amide bonds. The van der Waals surface area contributed by atoms with Crippen molar-refractivity contribution in [3.8, 4) is 17.1 Å². The molecule has 45 heavy (non-hydrogen) atoms. The van der Waals surface area contributed by atoms with Crippen LogP contribution in [0.3, 0.4) is 0 Å². The number of nitrogens with one attached hydrogen (secondary N) is 1. The molecule has 0 bridgehead atoms. The van der Waals surface area contributed by atoms with Gasteiger partial charge < -0.3 is 5.32 Å². The summed E-state index contributed by atoms with van der Waals surface area (Å²) < 4.78 is 18.0. The molecular weight excluding hydrogens is 645 g/mol. The maximum absolute atomic E-state index is 14.2. The third kappa shape index (κ3) is 6.32. The van der Waals surface area contributed by atoms with Gasteiger partial charge in [0.2, 0.25) is 5.91 Å². The van der Waals surface area contributed by atoms with E-state index in [2.05, 4.69) is 15.5 Å². The van der Waals surface area contributed by atoms with Crippen LogP contribution >= 0.6 is 46.5 Å². The third-order valence-electron chi connectivity index (χ3n) is 7.06. The quantitative estimate of drug-likeness (QED) is 0.155. The number of carbonyl (C=O) groups is 1. The van der Waals surface area contributed by atoms with Gasteiger partial charge >= 0.3 is 0 Å². The van der Waals surface area contributed by atoms with Crippen LogP contribution in [0.1, 0.15) is 5.56 Å². The number of amides is 1. The van der Waals surface area contributed by atoms with E-state index >= 15 is 0 Å². The molecule has 1 N–H and O–H groups in total. The molecular formula is C34H23ClFN5OS3. The van der Waals surface area contributed by atoms with Gasteiger partial charge in [0.1, 0.15) is 5.82 Å². The normalized spacial score (nSPS) is 11.3. The number of fused-ring (bicyclic) bond motifs is 2. The fourth-order valence-corrected chi connectivity index (χ4v) is 8.03. The van der Waals surface area contributed by atoms with Crippen LogP contribution in [0.2, 0.25) is 5.02 Å². The third-order valence-corrected chi connectivity index (χ3v) is 10.5. The lowest BCUT2D eigenvalue weighted by Crippen LogP contribution is -2.14. The number of rotatable bonds is 9. The summed E-state index contributed by atoms with van der Waals surface area (Å²) in [6, 6.07) is 33.8. The number of hydrogen-bond acceptors (Lipinski definition) is 7. The van der Waals surface area contributed by atoms with Gasteiger partial charge in [-0.2, -0.15) is 0 Å². The molecule has 0 radical (unpaired) electrons. The first-order valence-corrected chi connectivity index (χ1v) is 17.1. The zero-order valence-electron chi connectivity index (χ0n) is 23.5. The minimum absolute atomic E-state index is 0.140. The molecule has 7 aromatic rings. The lowest BCUT2D eigenvalue weighted by Gasteiger charge is -2.11. The van der Waals surface area contributed by atoms with Crippen LogP contribution in [0.4, 0.5) is 10.1 Å². The Hall–Kier alpha value is -4.22. The summed E-state index contributed by atoms with van der Waals surface area (Å²) >= 11 is 11.0. The van der Waals surface area contributed by atoms with Crippen molar-refractivity contribution in [2.75, 3.05) is 11.1 Å². The molecule has 0 atom stereocenters. The summed E-state index contributed by atoms with van der Waals surface area (Å²) in [6.45, 7) is 0. The first-order chi connectivity index (χ1) is 22.0. The molecule has 222 valence electrons. The van der Waals surface area contributed by atoms with E-state index in [9.17, 15) is 9.18 Å². The van der Waals surface area contributed by atoms with E-state index in [0.717, 1.165) is 36.8 Å². The minimum atomic E-state index is -0.216. The Kier molecular flexibility index (Phi) is 8.53. The lowest BCUT2D eigenvalue weighted by atomic mass is 10.1. The molecule has 0 unspecified atom stereocenters. The predicted molar refractivity (Wildman–Crippen MR) is 184 cm³/mol. The van der Waals surface area contributed by atoms with E-state index in [4.69, 9.17) is 16.6 Å². The van der Waals surface area contributed by atoms with Crippen molar-refractivity contribution in [3.63, 3.8) is 0 Å². The van der Waals surface area contributed by atoms with Crippen molar-refractivity contribution in [1.29, 1.82) is 0 Å². The maximum Gasteiger partial charge on any atom is 0.234 e. The zero-order chi connectivity index (χ0) is 30.8. The van der Waals surface area contributed by atoms with Crippen LogP contribution in [0, 0.1) is 5.82 Å². The summed E-state index contributed by atoms with van der Waals surface area (Å²) in [7, 11) is 0. The van der Waals surface area contributed by atoms with Crippen molar-refractivity contribution >= 4 is 79.0 Å². The fourth-order valence-electron chi connectivity index (χ4n) is 4.95. The van der Waals surface area contributed by atoms with Gasteiger partial charge in [0.15, 0.2) is 15.3 Å². The summed E-state index contributed by atoms with van der Waals surface area (Å²) in [4.78, 5) is 17.8. The second-order valence-corrected chi connectivity index (χ2v) is 13.6. The highest BCUT2D eigenvalue weighted by Gasteiger charge is 2.19. The highest BCUT2D eigenvalue weighted by molar-refractivity contribution is 8.00. The molecule has 0 spiro atoms. The first-order valence-electron chi connectivity index (χ1n) is 13.9. The summed E-state index contributed by atoms with van der Waals surface area (Å²) in [6.07, 6.45) is 0. The predicted octanol–water partition coefficient (Wildman–Crippen LogP) is 9.51. The topological polar surface area (TPSA) is 72.7 Å². The number of anilines is 1.